The Hall–Kier alpha value is -3.61. The number of methoxy groups -OCH3 is 1. The number of carbonyl (C=O) groups is 2. The summed E-state index contributed by atoms with van der Waals surface area (Å²) < 4.78 is 12.5. The van der Waals surface area contributed by atoms with Crippen molar-refractivity contribution >= 4 is 11.9 Å². The Labute approximate surface area is 188 Å². The molecule has 0 unspecified atom stereocenters. The number of rotatable bonds is 11. The molecule has 1 heterocycles. The van der Waals surface area contributed by atoms with Gasteiger partial charge in [0.1, 0.15) is 18.2 Å². The van der Waals surface area contributed by atoms with E-state index in [4.69, 9.17) is 9.47 Å². The first-order valence-corrected chi connectivity index (χ1v) is 10.8. The quantitative estimate of drug-likeness (QED) is 0.470. The second kappa shape index (κ2) is 11.7. The zero-order chi connectivity index (χ0) is 22.8. The summed E-state index contributed by atoms with van der Waals surface area (Å²) in [6.07, 6.45) is 3.62. The summed E-state index contributed by atoms with van der Waals surface area (Å²) in [6.45, 7) is 2.59. The van der Waals surface area contributed by atoms with E-state index in [1.165, 1.54) is 0 Å². The largest absolute Gasteiger partial charge is 0.496 e. The molecule has 1 N–H and O–H groups in total. The number of amides is 1. The zero-order valence-electron chi connectivity index (χ0n) is 18.5. The number of ether oxygens (including phenoxy) is 2. The molecule has 0 aliphatic carbocycles. The fourth-order valence-corrected chi connectivity index (χ4v) is 3.29. The molecule has 0 aliphatic rings. The summed E-state index contributed by atoms with van der Waals surface area (Å²) in [7, 11) is 1.61. The van der Waals surface area contributed by atoms with Crippen molar-refractivity contribution in [2.24, 2.45) is 0 Å². The van der Waals surface area contributed by atoms with Crippen LogP contribution in [0.1, 0.15) is 37.6 Å². The second-order valence-electron chi connectivity index (χ2n) is 7.43. The molecule has 0 bridgehead atoms. The summed E-state index contributed by atoms with van der Waals surface area (Å²) in [5.41, 5.74) is 2.41. The maximum absolute atomic E-state index is 12.4. The first-order chi connectivity index (χ1) is 15.6. The maximum atomic E-state index is 12.4. The van der Waals surface area contributed by atoms with Crippen LogP contribution >= 0.6 is 0 Å². The van der Waals surface area contributed by atoms with Crippen LogP contribution in [0.15, 0.2) is 60.8 Å². The Kier molecular flexibility index (Phi) is 8.43. The molecule has 32 heavy (non-hydrogen) atoms. The van der Waals surface area contributed by atoms with E-state index in [9.17, 15) is 9.59 Å². The molecule has 0 spiro atoms. The molecular formula is C25H29N3O4. The molecule has 0 aliphatic heterocycles. The molecule has 1 aromatic heterocycles. The van der Waals surface area contributed by atoms with E-state index in [1.807, 2.05) is 60.8 Å². The monoisotopic (exact) mass is 435 g/mol. The predicted molar refractivity (Wildman–Crippen MR) is 122 cm³/mol. The highest BCUT2D eigenvalue weighted by molar-refractivity contribution is 5.78. The van der Waals surface area contributed by atoms with E-state index < -0.39 is 6.09 Å². The van der Waals surface area contributed by atoms with Gasteiger partial charge in [-0.05, 0) is 24.1 Å². The van der Waals surface area contributed by atoms with Crippen LogP contribution in [0.5, 0.6) is 5.75 Å². The molecule has 3 rings (SSSR count). The van der Waals surface area contributed by atoms with Crippen LogP contribution in [-0.2, 0) is 29.2 Å². The van der Waals surface area contributed by atoms with Crippen molar-refractivity contribution in [2.45, 2.75) is 45.9 Å². The molecule has 0 fully saturated rings. The molecule has 3 aromatic rings. The average molecular weight is 436 g/mol. The number of unbranched alkanes of at least 4 members (excludes halogenated alkanes) is 1. The van der Waals surface area contributed by atoms with Crippen molar-refractivity contribution in [1.29, 1.82) is 0 Å². The predicted octanol–water partition coefficient (Wildman–Crippen LogP) is 4.74. The van der Waals surface area contributed by atoms with Crippen LogP contribution in [0, 0.1) is 0 Å². The van der Waals surface area contributed by atoms with Crippen LogP contribution < -0.4 is 10.1 Å². The molecule has 1 amide bonds. The van der Waals surface area contributed by atoms with Crippen LogP contribution in [0.2, 0.25) is 0 Å². The third-order valence-corrected chi connectivity index (χ3v) is 5.00. The maximum Gasteiger partial charge on any atom is 0.407 e. The fourth-order valence-electron chi connectivity index (χ4n) is 3.29. The number of imidazole rings is 1. The lowest BCUT2D eigenvalue weighted by Gasteiger charge is -2.09. The van der Waals surface area contributed by atoms with Gasteiger partial charge < -0.3 is 19.4 Å². The van der Waals surface area contributed by atoms with Crippen LogP contribution in [-0.4, -0.2) is 28.5 Å². The van der Waals surface area contributed by atoms with E-state index in [1.54, 1.807) is 11.7 Å². The molecule has 0 saturated carbocycles. The second-order valence-corrected chi connectivity index (χ2v) is 7.43. The number of ketones is 1. The Morgan fingerprint density at radius 2 is 1.81 bits per heavy atom. The molecule has 0 atom stereocenters. The van der Waals surface area contributed by atoms with Gasteiger partial charge in [-0.3, -0.25) is 4.79 Å². The standard InChI is InChI=1S/C25H29N3O4/c1-3-4-12-20(29)16-28-17-22(21-13-8-9-14-23(21)31-2)27-24(28)15-26-25(30)32-18-19-10-6-5-7-11-19/h5-11,13-14,17H,3-4,12,15-16,18H2,1-2H3,(H,26,30). The van der Waals surface area contributed by atoms with Gasteiger partial charge in [0.15, 0.2) is 5.78 Å². The smallest absolute Gasteiger partial charge is 0.407 e. The molecule has 7 heteroatoms. The molecule has 2 aromatic carbocycles. The number of aromatic nitrogens is 2. The summed E-state index contributed by atoms with van der Waals surface area (Å²) in [5, 5.41) is 2.73. The van der Waals surface area contributed by atoms with E-state index in [-0.39, 0.29) is 25.5 Å². The lowest BCUT2D eigenvalue weighted by atomic mass is 10.1. The van der Waals surface area contributed by atoms with Crippen molar-refractivity contribution in [3.05, 3.63) is 72.2 Å². The zero-order valence-corrected chi connectivity index (χ0v) is 18.5. The molecule has 7 nitrogen and oxygen atoms in total. The third kappa shape index (κ3) is 6.44. The highest BCUT2D eigenvalue weighted by Crippen LogP contribution is 2.29. The summed E-state index contributed by atoms with van der Waals surface area (Å²) in [4.78, 5) is 29.3. The van der Waals surface area contributed by atoms with Gasteiger partial charge in [-0.25, -0.2) is 9.78 Å². The van der Waals surface area contributed by atoms with Gasteiger partial charge in [0.25, 0.3) is 0 Å². The molecular weight excluding hydrogens is 406 g/mol. The van der Waals surface area contributed by atoms with Gasteiger partial charge in [0.05, 0.1) is 25.9 Å². The van der Waals surface area contributed by atoms with Gasteiger partial charge >= 0.3 is 6.09 Å². The molecule has 0 saturated heterocycles. The van der Waals surface area contributed by atoms with Gasteiger partial charge in [0, 0.05) is 18.2 Å². The first-order valence-electron chi connectivity index (χ1n) is 10.8. The van der Waals surface area contributed by atoms with E-state index >= 15 is 0 Å². The Bertz CT molecular complexity index is 1030. The normalized spacial score (nSPS) is 10.6. The number of para-hydroxylation sites is 1. The van der Waals surface area contributed by atoms with Crippen molar-refractivity contribution in [2.75, 3.05) is 7.11 Å². The SMILES string of the molecule is CCCCC(=O)Cn1cc(-c2ccccc2OC)nc1CNC(=O)OCc1ccccc1. The number of hydrogen-bond donors (Lipinski definition) is 1. The number of hydrogen-bond acceptors (Lipinski definition) is 5. The Morgan fingerprint density at radius 1 is 1.06 bits per heavy atom. The van der Waals surface area contributed by atoms with Crippen LogP contribution in [0.4, 0.5) is 4.79 Å². The minimum absolute atomic E-state index is 0.128. The van der Waals surface area contributed by atoms with Gasteiger partial charge in [-0.1, -0.05) is 55.8 Å². The first kappa shape index (κ1) is 23.1. The van der Waals surface area contributed by atoms with Gasteiger partial charge in [-0.15, -0.1) is 0 Å². The molecule has 0 radical (unpaired) electrons. The number of nitrogens with one attached hydrogen (secondary N) is 1. The third-order valence-electron chi connectivity index (χ3n) is 5.00. The lowest BCUT2D eigenvalue weighted by molar-refractivity contribution is -0.119. The summed E-state index contributed by atoms with van der Waals surface area (Å²) >= 11 is 0. The summed E-state index contributed by atoms with van der Waals surface area (Å²) in [6, 6.07) is 17.0. The number of Topliss-reactive ketones (excluding diaryl/α,β-unsaturated/α-hetero) is 1. The van der Waals surface area contributed by atoms with Crippen LogP contribution in [0.25, 0.3) is 11.3 Å². The average Bonchev–Trinajstić information content (AvgIpc) is 3.22. The van der Waals surface area contributed by atoms with Crippen molar-refractivity contribution in [3.63, 3.8) is 0 Å². The van der Waals surface area contributed by atoms with Crippen LogP contribution in [0.3, 0.4) is 0 Å². The molecule has 168 valence electrons. The van der Waals surface area contributed by atoms with E-state index in [0.29, 0.717) is 23.7 Å². The van der Waals surface area contributed by atoms with Crippen molar-refractivity contribution in [1.82, 2.24) is 14.9 Å². The lowest BCUT2D eigenvalue weighted by Crippen LogP contribution is -2.26. The Morgan fingerprint density at radius 3 is 2.56 bits per heavy atom. The van der Waals surface area contributed by atoms with Gasteiger partial charge in [-0.2, -0.15) is 0 Å². The van der Waals surface area contributed by atoms with Gasteiger partial charge in [0.2, 0.25) is 0 Å². The number of carbonyl (C=O) groups excluding carboxylic acids is 2. The number of benzene rings is 2. The Balaban J connectivity index is 1.72. The highest BCUT2D eigenvalue weighted by atomic mass is 16.5. The highest BCUT2D eigenvalue weighted by Gasteiger charge is 2.16. The number of nitrogens with zero attached hydrogens (tertiary/aromatic N) is 2. The van der Waals surface area contributed by atoms with E-state index in [0.717, 1.165) is 24.0 Å². The number of alkyl carbamates (subject to hydrolysis) is 1. The van der Waals surface area contributed by atoms with Crippen molar-refractivity contribution in [3.8, 4) is 17.0 Å². The van der Waals surface area contributed by atoms with E-state index in [2.05, 4.69) is 17.2 Å². The van der Waals surface area contributed by atoms with Crippen molar-refractivity contribution < 1.29 is 19.1 Å². The summed E-state index contributed by atoms with van der Waals surface area (Å²) in [5.74, 6) is 1.40. The topological polar surface area (TPSA) is 82.5 Å². The minimum atomic E-state index is -0.542. The fraction of sp³-hybridized carbons (Fsp3) is 0.320. The minimum Gasteiger partial charge on any atom is -0.496 e.